The molecule has 25 heavy (non-hydrogen) atoms. The first-order chi connectivity index (χ1) is 12.1. The van der Waals surface area contributed by atoms with Crippen LogP contribution in [0.4, 0.5) is 17.6 Å². The van der Waals surface area contributed by atoms with Crippen molar-refractivity contribution >= 4 is 17.6 Å². The molecule has 0 radical (unpaired) electrons. The lowest BCUT2D eigenvalue weighted by Crippen LogP contribution is -2.47. The number of H-pyrrole nitrogens is 1. The summed E-state index contributed by atoms with van der Waals surface area (Å²) < 4.78 is 0. The Morgan fingerprint density at radius 2 is 1.96 bits per heavy atom. The highest BCUT2D eigenvalue weighted by molar-refractivity contribution is 5.54. The summed E-state index contributed by atoms with van der Waals surface area (Å²) in [6, 6.07) is 5.31. The van der Waals surface area contributed by atoms with Gasteiger partial charge < -0.3 is 20.6 Å². The number of anilines is 3. The van der Waals surface area contributed by atoms with Crippen LogP contribution >= 0.6 is 0 Å². The average molecular weight is 343 g/mol. The monoisotopic (exact) mass is 343 g/mol. The van der Waals surface area contributed by atoms with Gasteiger partial charge in [0.15, 0.2) is 5.82 Å². The summed E-state index contributed by atoms with van der Waals surface area (Å²) in [6.45, 7) is 1.83. The molecule has 2 fully saturated rings. The highest BCUT2D eigenvalue weighted by Gasteiger charge is 2.35. The molecule has 4 N–H and O–H groups in total. The number of hydrogen-bond donors (Lipinski definition) is 4. The predicted molar refractivity (Wildman–Crippen MR) is 95.9 cm³/mol. The maximum absolute atomic E-state index is 9.57. The minimum absolute atomic E-state index is 0.116. The van der Waals surface area contributed by atoms with Crippen LogP contribution in [0.15, 0.2) is 12.1 Å². The third-order valence-corrected chi connectivity index (χ3v) is 5.20. The molecule has 8 heteroatoms. The molecule has 2 bridgehead atoms. The van der Waals surface area contributed by atoms with Gasteiger partial charge in [-0.15, -0.1) is 0 Å². The van der Waals surface area contributed by atoms with Crippen LogP contribution in [0.2, 0.25) is 0 Å². The van der Waals surface area contributed by atoms with E-state index in [1.165, 1.54) is 12.8 Å². The van der Waals surface area contributed by atoms with Gasteiger partial charge in [0.1, 0.15) is 5.82 Å². The highest BCUT2D eigenvalue weighted by Crippen LogP contribution is 2.31. The van der Waals surface area contributed by atoms with Gasteiger partial charge in [0, 0.05) is 43.0 Å². The molecule has 0 aliphatic carbocycles. The molecule has 2 aliphatic rings. The molecule has 2 aliphatic heterocycles. The number of aliphatic hydroxyl groups is 1. The number of aromatic nitrogens is 4. The maximum Gasteiger partial charge on any atom is 0.227 e. The lowest BCUT2D eigenvalue weighted by molar-refractivity contribution is 0.276. The van der Waals surface area contributed by atoms with E-state index in [-0.39, 0.29) is 6.61 Å². The molecule has 8 nitrogen and oxygen atoms in total. The van der Waals surface area contributed by atoms with Gasteiger partial charge in [-0.1, -0.05) is 0 Å². The van der Waals surface area contributed by atoms with Crippen LogP contribution in [0, 0.1) is 6.92 Å². The lowest BCUT2D eigenvalue weighted by Gasteiger charge is -2.35. The van der Waals surface area contributed by atoms with E-state index in [1.807, 2.05) is 20.0 Å². The first-order valence-corrected chi connectivity index (χ1v) is 8.87. The van der Waals surface area contributed by atoms with E-state index < -0.39 is 0 Å². The van der Waals surface area contributed by atoms with Crippen LogP contribution in [-0.4, -0.2) is 50.4 Å². The molecule has 0 saturated carbocycles. The summed E-state index contributed by atoms with van der Waals surface area (Å²) in [5, 5.41) is 23.5. The fourth-order valence-electron chi connectivity index (χ4n) is 3.91. The molecule has 0 unspecified atom stereocenters. The Hall–Kier alpha value is -2.19. The molecular formula is C17H25N7O. The normalized spacial score (nSPS) is 25.2. The number of rotatable bonds is 5. The summed E-state index contributed by atoms with van der Waals surface area (Å²) in [4.78, 5) is 11.3. The van der Waals surface area contributed by atoms with Crippen molar-refractivity contribution in [3.05, 3.63) is 23.5 Å². The number of aryl methyl sites for hydroxylation is 1. The fourth-order valence-corrected chi connectivity index (χ4v) is 3.91. The molecule has 2 saturated heterocycles. The topological polar surface area (TPSA) is 102 Å². The largest absolute Gasteiger partial charge is 0.390 e. The van der Waals surface area contributed by atoms with Crippen molar-refractivity contribution in [2.75, 3.05) is 17.3 Å². The minimum Gasteiger partial charge on any atom is -0.390 e. The van der Waals surface area contributed by atoms with Crippen molar-refractivity contribution in [1.82, 2.24) is 25.5 Å². The van der Waals surface area contributed by atoms with E-state index in [4.69, 9.17) is 0 Å². The fraction of sp³-hybridized carbons (Fsp3) is 0.588. The van der Waals surface area contributed by atoms with E-state index in [9.17, 15) is 5.11 Å². The Labute approximate surface area is 147 Å². The number of hydrogen-bond acceptors (Lipinski definition) is 7. The summed E-state index contributed by atoms with van der Waals surface area (Å²) in [6.07, 6.45) is 4.75. The molecule has 3 atom stereocenters. The molecule has 0 aromatic carbocycles. The summed E-state index contributed by atoms with van der Waals surface area (Å²) >= 11 is 0. The number of fused-ring (bicyclic) bond motifs is 2. The van der Waals surface area contributed by atoms with E-state index in [1.54, 1.807) is 6.07 Å². The molecular weight excluding hydrogens is 318 g/mol. The minimum atomic E-state index is -0.116. The molecule has 2 aromatic heterocycles. The second kappa shape index (κ2) is 6.61. The maximum atomic E-state index is 9.57. The lowest BCUT2D eigenvalue weighted by atomic mass is 9.99. The van der Waals surface area contributed by atoms with Crippen molar-refractivity contribution < 1.29 is 5.11 Å². The number of aliphatic hydroxyl groups excluding tert-OH is 1. The van der Waals surface area contributed by atoms with Gasteiger partial charge in [0.05, 0.1) is 12.3 Å². The summed E-state index contributed by atoms with van der Waals surface area (Å²) in [7, 11) is 2.05. The predicted octanol–water partition coefficient (Wildman–Crippen LogP) is 1.46. The van der Waals surface area contributed by atoms with Crippen LogP contribution < -0.4 is 15.5 Å². The standard InChI is InChI=1S/C17H25N7O/c1-10-5-16(23-22-10)20-15-8-13(9-25)19-17(21-15)24(2)14-6-11-3-4-12(7-14)18-11/h5,8,11-12,14,18,25H,3-4,6-7,9H2,1-2H3,(H2,19,20,21,22,23)/t11-,12+,14+. The van der Waals surface area contributed by atoms with Crippen molar-refractivity contribution in [2.24, 2.45) is 0 Å². The van der Waals surface area contributed by atoms with E-state index >= 15 is 0 Å². The molecule has 4 heterocycles. The Morgan fingerprint density at radius 3 is 2.60 bits per heavy atom. The van der Waals surface area contributed by atoms with Crippen LogP contribution in [0.5, 0.6) is 0 Å². The van der Waals surface area contributed by atoms with Gasteiger partial charge in [-0.3, -0.25) is 5.10 Å². The van der Waals surface area contributed by atoms with Gasteiger partial charge in [-0.2, -0.15) is 10.1 Å². The summed E-state index contributed by atoms with van der Waals surface area (Å²) in [5.41, 5.74) is 1.57. The number of nitrogens with zero attached hydrogens (tertiary/aromatic N) is 4. The Bertz CT molecular complexity index is 734. The molecule has 2 aromatic rings. The average Bonchev–Trinajstić information content (AvgIpc) is 3.18. The molecule has 4 rings (SSSR count). The van der Waals surface area contributed by atoms with Gasteiger partial charge in [-0.05, 0) is 32.6 Å². The zero-order valence-corrected chi connectivity index (χ0v) is 14.7. The second-order valence-corrected chi connectivity index (χ2v) is 7.14. The van der Waals surface area contributed by atoms with Gasteiger partial charge in [-0.25, -0.2) is 4.98 Å². The first kappa shape index (κ1) is 16.3. The zero-order chi connectivity index (χ0) is 17.4. The quantitative estimate of drug-likeness (QED) is 0.652. The van der Waals surface area contributed by atoms with Crippen molar-refractivity contribution in [1.29, 1.82) is 0 Å². The number of nitrogens with one attached hydrogen (secondary N) is 3. The van der Waals surface area contributed by atoms with Crippen molar-refractivity contribution in [3.8, 4) is 0 Å². The molecule has 134 valence electrons. The number of aromatic amines is 1. The smallest absolute Gasteiger partial charge is 0.227 e. The highest BCUT2D eigenvalue weighted by atomic mass is 16.3. The Balaban J connectivity index is 1.56. The Morgan fingerprint density at radius 1 is 1.20 bits per heavy atom. The van der Waals surface area contributed by atoms with Crippen LogP contribution in [0.3, 0.4) is 0 Å². The number of piperidine rings is 1. The van der Waals surface area contributed by atoms with Crippen LogP contribution in [0.25, 0.3) is 0 Å². The van der Waals surface area contributed by atoms with E-state index in [2.05, 4.69) is 35.7 Å². The zero-order valence-electron chi connectivity index (χ0n) is 14.7. The van der Waals surface area contributed by atoms with E-state index in [0.29, 0.717) is 41.4 Å². The van der Waals surface area contributed by atoms with Crippen molar-refractivity contribution in [2.45, 2.75) is 57.3 Å². The molecule has 0 amide bonds. The third-order valence-electron chi connectivity index (χ3n) is 5.20. The van der Waals surface area contributed by atoms with Gasteiger partial charge in [0.25, 0.3) is 0 Å². The second-order valence-electron chi connectivity index (χ2n) is 7.14. The first-order valence-electron chi connectivity index (χ1n) is 8.87. The SMILES string of the molecule is Cc1cc(Nc2cc(CO)nc(N(C)[C@H]3C[C@H]4CC[C@@H](C3)N4)n2)n[nH]1. The van der Waals surface area contributed by atoms with Gasteiger partial charge >= 0.3 is 0 Å². The van der Waals surface area contributed by atoms with E-state index in [0.717, 1.165) is 18.5 Å². The molecule has 0 spiro atoms. The Kier molecular flexibility index (Phi) is 4.30. The summed E-state index contributed by atoms with van der Waals surface area (Å²) in [5.74, 6) is 1.99. The van der Waals surface area contributed by atoms with Crippen LogP contribution in [-0.2, 0) is 6.61 Å². The van der Waals surface area contributed by atoms with Crippen molar-refractivity contribution in [3.63, 3.8) is 0 Å². The third kappa shape index (κ3) is 3.45. The van der Waals surface area contributed by atoms with Gasteiger partial charge in [0.2, 0.25) is 5.95 Å². The van der Waals surface area contributed by atoms with Crippen LogP contribution in [0.1, 0.15) is 37.1 Å².